The van der Waals surface area contributed by atoms with E-state index in [4.69, 9.17) is 0 Å². The number of aryl methyl sites for hydroxylation is 1. The Morgan fingerprint density at radius 1 is 1.19 bits per heavy atom. The van der Waals surface area contributed by atoms with Gasteiger partial charge in [0.1, 0.15) is 0 Å². The van der Waals surface area contributed by atoms with Crippen LogP contribution in [0.15, 0.2) is 18.2 Å². The Kier molecular flexibility index (Phi) is 7.20. The van der Waals surface area contributed by atoms with Crippen LogP contribution in [0.3, 0.4) is 0 Å². The average Bonchev–Trinajstić information content (AvgIpc) is 2.41. The lowest BCUT2D eigenvalue weighted by Crippen LogP contribution is -2.35. The first-order valence-electron chi connectivity index (χ1n) is 8.07. The molecule has 3 heteroatoms. The second kappa shape index (κ2) is 8.40. The molecule has 1 aromatic carbocycles. The average molecular weight is 292 g/mol. The summed E-state index contributed by atoms with van der Waals surface area (Å²) in [6, 6.07) is 6.63. The molecule has 0 aliphatic heterocycles. The molecule has 0 unspecified atom stereocenters. The lowest BCUT2D eigenvalue weighted by molar-refractivity contribution is 0.301. The van der Waals surface area contributed by atoms with Crippen molar-refractivity contribution in [2.75, 3.05) is 24.6 Å². The Morgan fingerprint density at radius 3 is 2.43 bits per heavy atom. The first kappa shape index (κ1) is 18.0. The quantitative estimate of drug-likeness (QED) is 0.770. The van der Waals surface area contributed by atoms with Crippen LogP contribution in [0.2, 0.25) is 0 Å². The summed E-state index contributed by atoms with van der Waals surface area (Å²) in [6.07, 6.45) is 2.33. The Labute approximate surface area is 130 Å². The number of unbranched alkanes of at least 4 members (excludes halogenated alkanes) is 1. The lowest BCUT2D eigenvalue weighted by atomic mass is 10.0. The van der Waals surface area contributed by atoms with Gasteiger partial charge in [0.25, 0.3) is 0 Å². The number of nitrogens with zero attached hydrogens (tertiary/aromatic N) is 1. The van der Waals surface area contributed by atoms with Crippen LogP contribution < -0.4 is 10.2 Å². The number of benzene rings is 1. The van der Waals surface area contributed by atoms with Crippen molar-refractivity contribution in [2.45, 2.75) is 59.5 Å². The predicted octanol–water partition coefficient (Wildman–Crippen LogP) is 3.48. The van der Waals surface area contributed by atoms with Crippen LogP contribution in [0.25, 0.3) is 0 Å². The number of anilines is 1. The minimum absolute atomic E-state index is 0.134. The Hall–Kier alpha value is -1.06. The van der Waals surface area contributed by atoms with Gasteiger partial charge < -0.3 is 15.3 Å². The van der Waals surface area contributed by atoms with E-state index in [0.29, 0.717) is 6.54 Å². The first-order valence-corrected chi connectivity index (χ1v) is 8.07. The topological polar surface area (TPSA) is 35.5 Å². The van der Waals surface area contributed by atoms with E-state index in [9.17, 15) is 5.11 Å². The molecule has 0 aliphatic carbocycles. The summed E-state index contributed by atoms with van der Waals surface area (Å²) >= 11 is 0. The number of aliphatic hydroxyl groups is 1. The molecule has 1 rings (SSSR count). The van der Waals surface area contributed by atoms with Crippen LogP contribution in [0.1, 0.15) is 51.7 Å². The third-order valence-electron chi connectivity index (χ3n) is 3.65. The Morgan fingerprint density at radius 2 is 1.90 bits per heavy atom. The summed E-state index contributed by atoms with van der Waals surface area (Å²) in [6.45, 7) is 13.7. The van der Waals surface area contributed by atoms with Crippen LogP contribution >= 0.6 is 0 Å². The van der Waals surface area contributed by atoms with Crippen molar-refractivity contribution in [2.24, 2.45) is 0 Å². The van der Waals surface area contributed by atoms with Crippen LogP contribution in [0, 0.1) is 6.92 Å². The van der Waals surface area contributed by atoms with E-state index in [2.05, 4.69) is 63.0 Å². The van der Waals surface area contributed by atoms with Crippen molar-refractivity contribution in [3.8, 4) is 0 Å². The molecule has 3 nitrogen and oxygen atoms in total. The highest BCUT2D eigenvalue weighted by atomic mass is 16.3. The molecule has 0 fully saturated rings. The Bertz CT molecular complexity index is 424. The van der Waals surface area contributed by atoms with Gasteiger partial charge in [-0.1, -0.05) is 19.4 Å². The summed E-state index contributed by atoms with van der Waals surface area (Å²) in [5.41, 5.74) is 4.00. The van der Waals surface area contributed by atoms with Gasteiger partial charge in [0.05, 0.1) is 6.61 Å². The number of aliphatic hydroxyl groups excluding tert-OH is 1. The van der Waals surface area contributed by atoms with Crippen LogP contribution in [-0.2, 0) is 6.54 Å². The summed E-state index contributed by atoms with van der Waals surface area (Å²) in [4.78, 5) is 2.28. The highest BCUT2D eigenvalue weighted by molar-refractivity contribution is 5.50. The molecule has 0 aromatic heterocycles. The van der Waals surface area contributed by atoms with Gasteiger partial charge in [0.2, 0.25) is 0 Å². The molecule has 0 amide bonds. The van der Waals surface area contributed by atoms with Crippen molar-refractivity contribution in [1.29, 1.82) is 0 Å². The third kappa shape index (κ3) is 6.49. The fraction of sp³-hybridized carbons (Fsp3) is 0.667. The molecule has 0 saturated heterocycles. The maximum absolute atomic E-state index is 9.24. The zero-order chi connectivity index (χ0) is 15.9. The van der Waals surface area contributed by atoms with E-state index in [1.54, 1.807) is 0 Å². The van der Waals surface area contributed by atoms with Crippen LogP contribution in [0.4, 0.5) is 5.69 Å². The van der Waals surface area contributed by atoms with Crippen LogP contribution in [-0.4, -0.2) is 30.3 Å². The summed E-state index contributed by atoms with van der Waals surface area (Å²) in [7, 11) is 0. The maximum Gasteiger partial charge on any atom is 0.0606 e. The molecule has 120 valence electrons. The first-order chi connectivity index (χ1) is 9.87. The van der Waals surface area contributed by atoms with E-state index < -0.39 is 0 Å². The largest absolute Gasteiger partial charge is 0.395 e. The minimum Gasteiger partial charge on any atom is -0.395 e. The number of rotatable bonds is 8. The van der Waals surface area contributed by atoms with Gasteiger partial charge in [0.15, 0.2) is 0 Å². The van der Waals surface area contributed by atoms with Gasteiger partial charge in [-0.05, 0) is 57.4 Å². The molecule has 0 radical (unpaired) electrons. The minimum atomic E-state index is 0.134. The molecule has 21 heavy (non-hydrogen) atoms. The standard InChI is InChI=1S/C18H32N2O/c1-6-7-10-20(11-12-21)17-9-8-16(15(2)13-17)14-19-18(3,4)5/h8-9,13,19,21H,6-7,10-12,14H2,1-5H3. The van der Waals surface area contributed by atoms with E-state index >= 15 is 0 Å². The second-order valence-electron chi connectivity index (χ2n) is 6.78. The smallest absolute Gasteiger partial charge is 0.0606 e. The maximum atomic E-state index is 9.24. The van der Waals surface area contributed by atoms with E-state index in [-0.39, 0.29) is 12.1 Å². The molecule has 0 aliphatic rings. The van der Waals surface area contributed by atoms with Gasteiger partial charge >= 0.3 is 0 Å². The number of nitrogens with one attached hydrogen (secondary N) is 1. The van der Waals surface area contributed by atoms with Gasteiger partial charge in [-0.15, -0.1) is 0 Å². The molecule has 0 saturated carbocycles. The molecular weight excluding hydrogens is 260 g/mol. The zero-order valence-corrected chi connectivity index (χ0v) is 14.4. The SMILES string of the molecule is CCCCN(CCO)c1ccc(CNC(C)(C)C)c(C)c1. The molecule has 0 spiro atoms. The molecular formula is C18H32N2O. The molecule has 0 bridgehead atoms. The third-order valence-corrected chi connectivity index (χ3v) is 3.65. The van der Waals surface area contributed by atoms with Gasteiger partial charge in [0, 0.05) is 30.9 Å². The van der Waals surface area contributed by atoms with E-state index in [0.717, 1.165) is 19.5 Å². The van der Waals surface area contributed by atoms with Crippen molar-refractivity contribution >= 4 is 5.69 Å². The summed E-state index contributed by atoms with van der Waals surface area (Å²) in [5.74, 6) is 0. The van der Waals surface area contributed by atoms with E-state index in [1.165, 1.54) is 23.2 Å². The highest BCUT2D eigenvalue weighted by Gasteiger charge is 2.11. The van der Waals surface area contributed by atoms with Gasteiger partial charge in [-0.3, -0.25) is 0 Å². The molecule has 1 aromatic rings. The predicted molar refractivity (Wildman–Crippen MR) is 92.0 cm³/mol. The molecule has 2 N–H and O–H groups in total. The summed E-state index contributed by atoms with van der Waals surface area (Å²) < 4.78 is 0. The van der Waals surface area contributed by atoms with Crippen molar-refractivity contribution in [3.05, 3.63) is 29.3 Å². The number of hydrogen-bond donors (Lipinski definition) is 2. The fourth-order valence-corrected chi connectivity index (χ4v) is 2.28. The monoisotopic (exact) mass is 292 g/mol. The Balaban J connectivity index is 2.78. The summed E-state index contributed by atoms with van der Waals surface area (Å²) in [5, 5.41) is 12.8. The van der Waals surface area contributed by atoms with Gasteiger partial charge in [-0.25, -0.2) is 0 Å². The lowest BCUT2D eigenvalue weighted by Gasteiger charge is -2.25. The van der Waals surface area contributed by atoms with Crippen LogP contribution in [0.5, 0.6) is 0 Å². The van der Waals surface area contributed by atoms with Crippen molar-refractivity contribution in [1.82, 2.24) is 5.32 Å². The van der Waals surface area contributed by atoms with Crippen molar-refractivity contribution in [3.63, 3.8) is 0 Å². The van der Waals surface area contributed by atoms with Crippen molar-refractivity contribution < 1.29 is 5.11 Å². The second-order valence-corrected chi connectivity index (χ2v) is 6.78. The normalized spacial score (nSPS) is 11.7. The zero-order valence-electron chi connectivity index (χ0n) is 14.4. The highest BCUT2D eigenvalue weighted by Crippen LogP contribution is 2.20. The molecule has 0 heterocycles. The number of hydrogen-bond acceptors (Lipinski definition) is 3. The molecule has 0 atom stereocenters. The van der Waals surface area contributed by atoms with E-state index in [1.807, 2.05) is 0 Å². The fourth-order valence-electron chi connectivity index (χ4n) is 2.28. The van der Waals surface area contributed by atoms with Gasteiger partial charge in [-0.2, -0.15) is 0 Å².